The van der Waals surface area contributed by atoms with E-state index < -0.39 is 0 Å². The SMILES string of the molecule is C=NCC(C)CC(C)CC(C)C. The molecule has 0 fully saturated rings. The molecule has 72 valence electrons. The zero-order chi connectivity index (χ0) is 9.56. The number of rotatable bonds is 6. The first-order valence-corrected chi connectivity index (χ1v) is 4.98. The van der Waals surface area contributed by atoms with Crippen LogP contribution in [0.3, 0.4) is 0 Å². The highest BCUT2D eigenvalue weighted by molar-refractivity contribution is 5.23. The summed E-state index contributed by atoms with van der Waals surface area (Å²) < 4.78 is 0. The highest BCUT2D eigenvalue weighted by atomic mass is 14.7. The van der Waals surface area contributed by atoms with Crippen LogP contribution in [0.5, 0.6) is 0 Å². The minimum absolute atomic E-state index is 0.705. The van der Waals surface area contributed by atoms with Crippen molar-refractivity contribution in [2.75, 3.05) is 6.54 Å². The third-order valence-electron chi connectivity index (χ3n) is 2.12. The van der Waals surface area contributed by atoms with Crippen molar-refractivity contribution in [2.45, 2.75) is 40.5 Å². The lowest BCUT2D eigenvalue weighted by Crippen LogP contribution is -2.08. The molecule has 0 saturated carbocycles. The molecule has 0 aromatic rings. The van der Waals surface area contributed by atoms with E-state index in [4.69, 9.17) is 0 Å². The Morgan fingerprint density at radius 2 is 1.58 bits per heavy atom. The van der Waals surface area contributed by atoms with E-state index in [2.05, 4.69) is 39.4 Å². The van der Waals surface area contributed by atoms with E-state index >= 15 is 0 Å². The van der Waals surface area contributed by atoms with Gasteiger partial charge in [0.15, 0.2) is 0 Å². The Kier molecular flexibility index (Phi) is 6.04. The number of hydrogen-bond acceptors (Lipinski definition) is 1. The molecule has 12 heavy (non-hydrogen) atoms. The van der Waals surface area contributed by atoms with Gasteiger partial charge in [-0.15, -0.1) is 0 Å². The van der Waals surface area contributed by atoms with Crippen LogP contribution in [0.2, 0.25) is 0 Å². The van der Waals surface area contributed by atoms with Crippen molar-refractivity contribution in [3.05, 3.63) is 0 Å². The van der Waals surface area contributed by atoms with Gasteiger partial charge in [0.05, 0.1) is 0 Å². The van der Waals surface area contributed by atoms with Crippen molar-refractivity contribution in [3.63, 3.8) is 0 Å². The van der Waals surface area contributed by atoms with E-state index in [1.165, 1.54) is 12.8 Å². The Morgan fingerprint density at radius 3 is 2.00 bits per heavy atom. The lowest BCUT2D eigenvalue weighted by Gasteiger charge is -2.17. The smallest absolute Gasteiger partial charge is 0.0407 e. The van der Waals surface area contributed by atoms with Crippen molar-refractivity contribution in [2.24, 2.45) is 22.7 Å². The summed E-state index contributed by atoms with van der Waals surface area (Å²) in [6.07, 6.45) is 2.62. The van der Waals surface area contributed by atoms with Gasteiger partial charge in [-0.1, -0.05) is 27.7 Å². The second-order valence-corrected chi connectivity index (χ2v) is 4.48. The van der Waals surface area contributed by atoms with Gasteiger partial charge < -0.3 is 4.99 Å². The Morgan fingerprint density at radius 1 is 1.00 bits per heavy atom. The monoisotopic (exact) mass is 169 g/mol. The van der Waals surface area contributed by atoms with E-state index in [9.17, 15) is 0 Å². The third kappa shape index (κ3) is 6.38. The first-order valence-electron chi connectivity index (χ1n) is 4.98. The fourth-order valence-electron chi connectivity index (χ4n) is 1.88. The lowest BCUT2D eigenvalue weighted by atomic mass is 9.90. The molecular formula is C11H23N. The fraction of sp³-hybridized carbons (Fsp3) is 0.909. The summed E-state index contributed by atoms with van der Waals surface area (Å²) in [5.41, 5.74) is 0. The van der Waals surface area contributed by atoms with Crippen LogP contribution >= 0.6 is 0 Å². The highest BCUT2D eigenvalue weighted by Crippen LogP contribution is 2.19. The number of nitrogens with zero attached hydrogens (tertiary/aromatic N) is 1. The van der Waals surface area contributed by atoms with Crippen molar-refractivity contribution in [1.82, 2.24) is 0 Å². The molecule has 0 radical (unpaired) electrons. The molecule has 0 aliphatic heterocycles. The predicted molar refractivity (Wildman–Crippen MR) is 56.8 cm³/mol. The Balaban J connectivity index is 3.53. The Hall–Kier alpha value is -0.330. The third-order valence-corrected chi connectivity index (χ3v) is 2.12. The maximum Gasteiger partial charge on any atom is 0.0407 e. The molecule has 0 bridgehead atoms. The van der Waals surface area contributed by atoms with Crippen LogP contribution in [0, 0.1) is 17.8 Å². The van der Waals surface area contributed by atoms with Crippen LogP contribution in [0.25, 0.3) is 0 Å². The predicted octanol–water partition coefficient (Wildman–Crippen LogP) is 3.40. The van der Waals surface area contributed by atoms with Gasteiger partial charge in [0.25, 0.3) is 0 Å². The summed E-state index contributed by atoms with van der Waals surface area (Å²) in [5, 5.41) is 0. The average molecular weight is 169 g/mol. The van der Waals surface area contributed by atoms with Crippen LogP contribution in [0.4, 0.5) is 0 Å². The van der Waals surface area contributed by atoms with Gasteiger partial charge in [-0.25, -0.2) is 0 Å². The second-order valence-electron chi connectivity index (χ2n) is 4.48. The second kappa shape index (κ2) is 6.22. The molecule has 0 saturated heterocycles. The van der Waals surface area contributed by atoms with Gasteiger partial charge >= 0.3 is 0 Å². The molecule has 1 nitrogen and oxygen atoms in total. The molecule has 0 aliphatic rings. The molecule has 2 atom stereocenters. The quantitative estimate of drug-likeness (QED) is 0.540. The van der Waals surface area contributed by atoms with Gasteiger partial charge in [0.1, 0.15) is 0 Å². The Labute approximate surface area is 77.3 Å². The zero-order valence-electron chi connectivity index (χ0n) is 9.01. The summed E-state index contributed by atoms with van der Waals surface area (Å²) >= 11 is 0. The summed E-state index contributed by atoms with van der Waals surface area (Å²) in [6.45, 7) is 13.6. The molecular weight excluding hydrogens is 146 g/mol. The molecule has 0 spiro atoms. The van der Waals surface area contributed by atoms with Crippen LogP contribution < -0.4 is 0 Å². The van der Waals surface area contributed by atoms with Crippen LogP contribution in [-0.2, 0) is 0 Å². The molecule has 0 N–H and O–H groups in total. The normalized spacial score (nSPS) is 16.1. The van der Waals surface area contributed by atoms with Gasteiger partial charge in [0, 0.05) is 6.54 Å². The summed E-state index contributed by atoms with van der Waals surface area (Å²) in [5.74, 6) is 2.36. The van der Waals surface area contributed by atoms with E-state index in [-0.39, 0.29) is 0 Å². The van der Waals surface area contributed by atoms with E-state index in [1.54, 1.807) is 0 Å². The summed E-state index contributed by atoms with van der Waals surface area (Å²) in [7, 11) is 0. The van der Waals surface area contributed by atoms with Crippen molar-refractivity contribution in [1.29, 1.82) is 0 Å². The first kappa shape index (κ1) is 11.7. The first-order chi connectivity index (χ1) is 5.56. The maximum absolute atomic E-state index is 3.92. The minimum atomic E-state index is 0.705. The lowest BCUT2D eigenvalue weighted by molar-refractivity contribution is 0.359. The van der Waals surface area contributed by atoms with Crippen LogP contribution in [0.15, 0.2) is 4.99 Å². The minimum Gasteiger partial charge on any atom is -0.301 e. The van der Waals surface area contributed by atoms with Gasteiger partial charge in [-0.05, 0) is 37.3 Å². The topological polar surface area (TPSA) is 12.4 Å². The van der Waals surface area contributed by atoms with Gasteiger partial charge in [0.2, 0.25) is 0 Å². The summed E-state index contributed by atoms with van der Waals surface area (Å²) in [4.78, 5) is 3.92. The van der Waals surface area contributed by atoms with Crippen molar-refractivity contribution < 1.29 is 0 Å². The molecule has 0 aromatic heterocycles. The van der Waals surface area contributed by atoms with E-state index in [0.29, 0.717) is 5.92 Å². The molecule has 0 aromatic carbocycles. The van der Waals surface area contributed by atoms with Crippen molar-refractivity contribution >= 4 is 6.72 Å². The van der Waals surface area contributed by atoms with Gasteiger partial charge in [-0.3, -0.25) is 0 Å². The number of aliphatic imine (C=N–C) groups is 1. The van der Waals surface area contributed by atoms with Crippen LogP contribution in [0.1, 0.15) is 40.5 Å². The Bertz CT molecular complexity index is 118. The molecule has 0 heterocycles. The summed E-state index contributed by atoms with van der Waals surface area (Å²) in [6, 6.07) is 0. The molecule has 0 rings (SSSR count). The van der Waals surface area contributed by atoms with E-state index in [1.807, 2.05) is 0 Å². The average Bonchev–Trinajstić information content (AvgIpc) is 1.84. The number of hydrogen-bond donors (Lipinski definition) is 0. The van der Waals surface area contributed by atoms with Crippen molar-refractivity contribution in [3.8, 4) is 0 Å². The fourth-order valence-corrected chi connectivity index (χ4v) is 1.88. The molecule has 2 unspecified atom stereocenters. The van der Waals surface area contributed by atoms with Gasteiger partial charge in [-0.2, -0.15) is 0 Å². The molecule has 0 amide bonds. The van der Waals surface area contributed by atoms with E-state index in [0.717, 1.165) is 18.4 Å². The zero-order valence-corrected chi connectivity index (χ0v) is 9.01. The van der Waals surface area contributed by atoms with Crippen LogP contribution in [-0.4, -0.2) is 13.3 Å². The largest absolute Gasteiger partial charge is 0.301 e. The standard InChI is InChI=1S/C11H23N/c1-9(2)6-10(3)7-11(4)8-12-5/h9-11H,5-8H2,1-4H3. The highest BCUT2D eigenvalue weighted by Gasteiger charge is 2.09. The maximum atomic E-state index is 3.92. The molecule has 1 heteroatoms. The molecule has 0 aliphatic carbocycles.